The van der Waals surface area contributed by atoms with Crippen LogP contribution in [0.2, 0.25) is 5.02 Å². The highest BCUT2D eigenvalue weighted by atomic mass is 35.5. The molecule has 2 aromatic carbocycles. The molecule has 2 aromatic rings. The average Bonchev–Trinajstić information content (AvgIpc) is 2.36. The van der Waals surface area contributed by atoms with Gasteiger partial charge in [0.05, 0.1) is 0 Å². The first-order valence-electron chi connectivity index (χ1n) is 6.33. The summed E-state index contributed by atoms with van der Waals surface area (Å²) in [5.74, 6) is 0.119. The molecule has 0 unspecified atom stereocenters. The van der Waals surface area contributed by atoms with Gasteiger partial charge in [-0.05, 0) is 49.6 Å². The normalized spacial score (nSPS) is 10.5. The number of benzene rings is 2. The molecule has 0 atom stereocenters. The Kier molecular flexibility index (Phi) is 4.06. The van der Waals surface area contributed by atoms with Gasteiger partial charge in [0.2, 0.25) is 0 Å². The van der Waals surface area contributed by atoms with Gasteiger partial charge in [-0.1, -0.05) is 41.4 Å². The van der Waals surface area contributed by atoms with Crippen molar-refractivity contribution in [2.24, 2.45) is 0 Å². The zero-order valence-corrected chi connectivity index (χ0v) is 12.2. The molecule has 0 aliphatic heterocycles. The van der Waals surface area contributed by atoms with E-state index in [0.717, 1.165) is 16.7 Å². The second-order valence-corrected chi connectivity index (χ2v) is 5.43. The summed E-state index contributed by atoms with van der Waals surface area (Å²) in [6.07, 6.45) is 0.425. The van der Waals surface area contributed by atoms with Crippen molar-refractivity contribution in [2.45, 2.75) is 27.2 Å². The molecule has 0 aliphatic rings. The average molecular weight is 273 g/mol. The predicted octanol–water partition coefficient (Wildman–Crippen LogP) is 4.69. The zero-order chi connectivity index (χ0) is 14.0. The third-order valence-electron chi connectivity index (χ3n) is 3.36. The number of rotatable bonds is 3. The predicted molar refractivity (Wildman–Crippen MR) is 80.1 cm³/mol. The fourth-order valence-electron chi connectivity index (χ4n) is 2.15. The van der Waals surface area contributed by atoms with Crippen LogP contribution in [0.4, 0.5) is 0 Å². The van der Waals surface area contributed by atoms with Gasteiger partial charge in [-0.2, -0.15) is 0 Å². The lowest BCUT2D eigenvalue weighted by molar-refractivity contribution is 0.0992. The van der Waals surface area contributed by atoms with Crippen LogP contribution >= 0.6 is 11.6 Å². The van der Waals surface area contributed by atoms with Crippen LogP contribution in [0, 0.1) is 20.8 Å². The van der Waals surface area contributed by atoms with Gasteiger partial charge in [-0.3, -0.25) is 4.79 Å². The maximum absolute atomic E-state index is 12.4. The Morgan fingerprint density at radius 1 is 1.00 bits per heavy atom. The SMILES string of the molecule is Cc1ccc(C)c(CC(=O)c2cc(Cl)ccc2C)c1. The molecule has 0 spiro atoms. The molecule has 0 bridgehead atoms. The Balaban J connectivity index is 2.30. The molecule has 0 amide bonds. The van der Waals surface area contributed by atoms with Crippen molar-refractivity contribution in [1.29, 1.82) is 0 Å². The van der Waals surface area contributed by atoms with Crippen LogP contribution in [0.5, 0.6) is 0 Å². The van der Waals surface area contributed by atoms with Crippen molar-refractivity contribution in [3.8, 4) is 0 Å². The highest BCUT2D eigenvalue weighted by molar-refractivity contribution is 6.31. The van der Waals surface area contributed by atoms with E-state index in [4.69, 9.17) is 11.6 Å². The Morgan fingerprint density at radius 3 is 2.42 bits per heavy atom. The lowest BCUT2D eigenvalue weighted by atomic mass is 9.96. The highest BCUT2D eigenvalue weighted by Crippen LogP contribution is 2.19. The number of carbonyl (C=O) groups is 1. The van der Waals surface area contributed by atoms with Gasteiger partial charge in [-0.25, -0.2) is 0 Å². The molecule has 0 heterocycles. The standard InChI is InChI=1S/C17H17ClO/c1-11-4-5-12(2)14(8-11)9-17(19)16-10-15(18)7-6-13(16)3/h4-8,10H,9H2,1-3H3. The molecular formula is C17H17ClO. The Hall–Kier alpha value is -1.60. The van der Waals surface area contributed by atoms with Gasteiger partial charge in [0.25, 0.3) is 0 Å². The van der Waals surface area contributed by atoms with Gasteiger partial charge < -0.3 is 0 Å². The fraction of sp³-hybridized carbons (Fsp3) is 0.235. The molecule has 0 saturated carbocycles. The lowest BCUT2D eigenvalue weighted by Crippen LogP contribution is -2.07. The maximum atomic E-state index is 12.4. The molecular weight excluding hydrogens is 256 g/mol. The molecule has 0 radical (unpaired) electrons. The molecule has 2 heteroatoms. The lowest BCUT2D eigenvalue weighted by Gasteiger charge is -2.09. The minimum Gasteiger partial charge on any atom is -0.294 e. The third-order valence-corrected chi connectivity index (χ3v) is 3.59. The van der Waals surface area contributed by atoms with E-state index in [0.29, 0.717) is 17.0 Å². The molecule has 0 N–H and O–H groups in total. The van der Waals surface area contributed by atoms with E-state index in [-0.39, 0.29) is 5.78 Å². The molecule has 0 aliphatic carbocycles. The Bertz CT molecular complexity index is 629. The number of halogens is 1. The van der Waals surface area contributed by atoms with Gasteiger partial charge >= 0.3 is 0 Å². The maximum Gasteiger partial charge on any atom is 0.167 e. The summed E-state index contributed by atoms with van der Waals surface area (Å²) in [6, 6.07) is 11.7. The minimum atomic E-state index is 0.119. The smallest absolute Gasteiger partial charge is 0.167 e. The van der Waals surface area contributed by atoms with Crippen molar-refractivity contribution in [3.63, 3.8) is 0 Å². The van der Waals surface area contributed by atoms with Gasteiger partial charge in [-0.15, -0.1) is 0 Å². The number of Topliss-reactive ketones (excluding diaryl/α,β-unsaturated/α-hetero) is 1. The first-order valence-corrected chi connectivity index (χ1v) is 6.70. The highest BCUT2D eigenvalue weighted by Gasteiger charge is 2.12. The first kappa shape index (κ1) is 13.8. The summed E-state index contributed by atoms with van der Waals surface area (Å²) in [5, 5.41) is 0.606. The second kappa shape index (κ2) is 5.58. The number of ketones is 1. The third kappa shape index (κ3) is 3.24. The summed E-state index contributed by atoms with van der Waals surface area (Å²) >= 11 is 5.97. The number of aryl methyl sites for hydroxylation is 3. The second-order valence-electron chi connectivity index (χ2n) is 4.99. The van der Waals surface area contributed by atoms with Crippen LogP contribution in [-0.2, 0) is 6.42 Å². The van der Waals surface area contributed by atoms with Crippen LogP contribution in [0.1, 0.15) is 32.6 Å². The summed E-state index contributed by atoms with van der Waals surface area (Å²) in [5.41, 5.74) is 5.10. The van der Waals surface area contributed by atoms with Crippen LogP contribution in [-0.4, -0.2) is 5.78 Å². The Morgan fingerprint density at radius 2 is 1.68 bits per heavy atom. The number of hydrogen-bond acceptors (Lipinski definition) is 1. The fourth-order valence-corrected chi connectivity index (χ4v) is 2.33. The van der Waals surface area contributed by atoms with Crippen LogP contribution < -0.4 is 0 Å². The molecule has 0 fully saturated rings. The summed E-state index contributed by atoms with van der Waals surface area (Å²) < 4.78 is 0. The summed E-state index contributed by atoms with van der Waals surface area (Å²) in [7, 11) is 0. The Labute approximate surface area is 119 Å². The topological polar surface area (TPSA) is 17.1 Å². The van der Waals surface area contributed by atoms with Crippen LogP contribution in [0.15, 0.2) is 36.4 Å². The van der Waals surface area contributed by atoms with Gasteiger partial charge in [0.15, 0.2) is 5.78 Å². The van der Waals surface area contributed by atoms with Crippen molar-refractivity contribution in [2.75, 3.05) is 0 Å². The van der Waals surface area contributed by atoms with Crippen molar-refractivity contribution >= 4 is 17.4 Å². The van der Waals surface area contributed by atoms with E-state index in [9.17, 15) is 4.79 Å². The molecule has 2 rings (SSSR count). The summed E-state index contributed by atoms with van der Waals surface area (Å²) in [6.45, 7) is 6.01. The van der Waals surface area contributed by atoms with Crippen molar-refractivity contribution < 1.29 is 4.79 Å². The molecule has 1 nitrogen and oxygen atoms in total. The summed E-state index contributed by atoms with van der Waals surface area (Å²) in [4.78, 5) is 12.4. The van der Waals surface area contributed by atoms with Crippen molar-refractivity contribution in [3.05, 3.63) is 69.2 Å². The van der Waals surface area contributed by atoms with E-state index in [1.165, 1.54) is 5.56 Å². The van der Waals surface area contributed by atoms with E-state index < -0.39 is 0 Å². The first-order chi connectivity index (χ1) is 8.97. The minimum absolute atomic E-state index is 0.119. The van der Waals surface area contributed by atoms with E-state index in [1.54, 1.807) is 6.07 Å². The number of carbonyl (C=O) groups excluding carboxylic acids is 1. The largest absolute Gasteiger partial charge is 0.294 e. The monoisotopic (exact) mass is 272 g/mol. The quantitative estimate of drug-likeness (QED) is 0.741. The van der Waals surface area contributed by atoms with Crippen LogP contribution in [0.3, 0.4) is 0 Å². The molecule has 98 valence electrons. The zero-order valence-electron chi connectivity index (χ0n) is 11.5. The number of hydrogen-bond donors (Lipinski definition) is 0. The van der Waals surface area contributed by atoms with E-state index >= 15 is 0 Å². The molecule has 0 saturated heterocycles. The van der Waals surface area contributed by atoms with E-state index in [1.807, 2.05) is 32.9 Å². The van der Waals surface area contributed by atoms with Gasteiger partial charge in [0, 0.05) is 17.0 Å². The van der Waals surface area contributed by atoms with Gasteiger partial charge in [0.1, 0.15) is 0 Å². The molecule has 19 heavy (non-hydrogen) atoms. The van der Waals surface area contributed by atoms with Crippen LogP contribution in [0.25, 0.3) is 0 Å². The molecule has 0 aromatic heterocycles. The van der Waals surface area contributed by atoms with Crippen molar-refractivity contribution in [1.82, 2.24) is 0 Å². The van der Waals surface area contributed by atoms with E-state index in [2.05, 4.69) is 18.2 Å².